The smallest absolute Gasteiger partial charge is 0.340 e. The van der Waals surface area contributed by atoms with Crippen LogP contribution >= 0.6 is 0 Å². The Bertz CT molecular complexity index is 778. The first-order valence-electron chi connectivity index (χ1n) is 7.48. The van der Waals surface area contributed by atoms with Crippen molar-refractivity contribution in [1.82, 2.24) is 30.0 Å². The molecule has 1 fully saturated rings. The van der Waals surface area contributed by atoms with Gasteiger partial charge in [-0.3, -0.25) is 10.0 Å². The van der Waals surface area contributed by atoms with Crippen LogP contribution in [0.4, 0.5) is 11.6 Å². The second-order valence-electron chi connectivity index (χ2n) is 5.22. The highest BCUT2D eigenvalue weighted by Gasteiger charge is 2.15. The molecular weight excluding hydrogens is 348 g/mol. The molecule has 26 heavy (non-hydrogen) atoms. The molecule has 2 aromatic rings. The lowest BCUT2D eigenvalue weighted by atomic mass is 10.4. The Hall–Kier alpha value is -3.84. The first-order valence-corrected chi connectivity index (χ1v) is 7.48. The summed E-state index contributed by atoms with van der Waals surface area (Å²) in [6.45, 7) is 2.37. The van der Waals surface area contributed by atoms with Gasteiger partial charge < -0.3 is 20.2 Å². The first kappa shape index (κ1) is 17.0. The van der Waals surface area contributed by atoms with E-state index in [1.807, 2.05) is 0 Å². The van der Waals surface area contributed by atoms with Gasteiger partial charge in [0.05, 0.1) is 26.2 Å². The maximum atomic E-state index is 10.6. The van der Waals surface area contributed by atoms with E-state index in [1.165, 1.54) is 12.4 Å². The molecular formula is C12H14N10O4. The van der Waals surface area contributed by atoms with Crippen LogP contribution in [-0.2, 0) is 0 Å². The lowest BCUT2D eigenvalue weighted by molar-refractivity contribution is -0.389. The molecule has 0 saturated carbocycles. The number of hydrogen-bond acceptors (Lipinski definition) is 10. The summed E-state index contributed by atoms with van der Waals surface area (Å²) in [4.78, 5) is 32.8. The van der Waals surface area contributed by atoms with Gasteiger partial charge in [0.2, 0.25) is 11.6 Å². The molecule has 14 nitrogen and oxygen atoms in total. The van der Waals surface area contributed by atoms with Crippen molar-refractivity contribution in [2.75, 3.05) is 26.2 Å². The summed E-state index contributed by atoms with van der Waals surface area (Å²) < 4.78 is 0. The van der Waals surface area contributed by atoms with Gasteiger partial charge in [0.15, 0.2) is 0 Å². The number of aromatic nitrogens is 4. The van der Waals surface area contributed by atoms with Crippen molar-refractivity contribution >= 4 is 24.1 Å². The van der Waals surface area contributed by atoms with Crippen LogP contribution in [0.25, 0.3) is 0 Å². The van der Waals surface area contributed by atoms with Gasteiger partial charge in [0.25, 0.3) is 0 Å². The quantitative estimate of drug-likeness (QED) is 0.408. The Labute approximate surface area is 145 Å². The Balaban J connectivity index is 1.48. The molecule has 1 saturated heterocycles. The van der Waals surface area contributed by atoms with Crippen molar-refractivity contribution in [1.29, 1.82) is 0 Å². The van der Waals surface area contributed by atoms with Crippen LogP contribution in [0.1, 0.15) is 11.6 Å². The van der Waals surface area contributed by atoms with Crippen LogP contribution in [0.3, 0.4) is 0 Å². The van der Waals surface area contributed by atoms with Gasteiger partial charge >= 0.3 is 11.6 Å². The Morgan fingerprint density at radius 2 is 1.27 bits per heavy atom. The fraction of sp³-hybridized carbons (Fsp3) is 0.333. The van der Waals surface area contributed by atoms with Crippen molar-refractivity contribution in [3.63, 3.8) is 0 Å². The van der Waals surface area contributed by atoms with E-state index >= 15 is 0 Å². The number of hydrazone groups is 2. The summed E-state index contributed by atoms with van der Waals surface area (Å²) in [5.74, 6) is 0.223. The predicted molar refractivity (Wildman–Crippen MR) is 88.8 cm³/mol. The van der Waals surface area contributed by atoms with E-state index in [9.17, 15) is 20.2 Å². The fourth-order valence-corrected chi connectivity index (χ4v) is 2.16. The van der Waals surface area contributed by atoms with Gasteiger partial charge in [-0.25, -0.2) is 19.9 Å². The van der Waals surface area contributed by atoms with Gasteiger partial charge in [-0.2, -0.15) is 10.2 Å². The molecule has 136 valence electrons. The van der Waals surface area contributed by atoms with Crippen molar-refractivity contribution in [3.05, 3.63) is 44.3 Å². The molecule has 14 heteroatoms. The van der Waals surface area contributed by atoms with Crippen LogP contribution in [-0.4, -0.2) is 78.4 Å². The molecule has 0 aromatic carbocycles. The molecule has 0 aliphatic carbocycles. The van der Waals surface area contributed by atoms with Gasteiger partial charge in [-0.1, -0.05) is 0 Å². The highest BCUT2D eigenvalue weighted by atomic mass is 16.6. The number of imidazole rings is 2. The molecule has 0 amide bonds. The van der Waals surface area contributed by atoms with E-state index in [-0.39, 0.29) is 11.6 Å². The molecule has 0 atom stereocenters. The third kappa shape index (κ3) is 4.16. The molecule has 0 spiro atoms. The third-order valence-corrected chi connectivity index (χ3v) is 3.48. The normalized spacial score (nSPS) is 15.2. The molecule has 1 aliphatic rings. The zero-order valence-electron chi connectivity index (χ0n) is 13.3. The second-order valence-corrected chi connectivity index (χ2v) is 5.22. The average Bonchev–Trinajstić information content (AvgIpc) is 3.28. The van der Waals surface area contributed by atoms with E-state index in [1.54, 1.807) is 10.0 Å². The van der Waals surface area contributed by atoms with Gasteiger partial charge in [-0.05, 0) is 9.85 Å². The maximum absolute atomic E-state index is 10.6. The highest BCUT2D eigenvalue weighted by molar-refractivity contribution is 5.75. The summed E-state index contributed by atoms with van der Waals surface area (Å²) in [7, 11) is 0. The first-order chi connectivity index (χ1) is 12.5. The minimum Gasteiger partial charge on any atom is -0.358 e. The minimum absolute atomic E-state index is 0.191. The second kappa shape index (κ2) is 7.37. The van der Waals surface area contributed by atoms with Crippen LogP contribution in [0.2, 0.25) is 0 Å². The monoisotopic (exact) mass is 362 g/mol. The van der Waals surface area contributed by atoms with Crippen molar-refractivity contribution in [2.45, 2.75) is 0 Å². The summed E-state index contributed by atoms with van der Waals surface area (Å²) in [6, 6.07) is 0. The van der Waals surface area contributed by atoms with Gasteiger partial charge in [0.1, 0.15) is 24.8 Å². The SMILES string of the molecule is O=[N+]([O-])c1cnc(/C=N\N2CCN(/N=C\c3ncc([N+](=O)[O-])[nH]3)CC2)[nH]1. The average molecular weight is 362 g/mol. The highest BCUT2D eigenvalue weighted by Crippen LogP contribution is 2.07. The summed E-state index contributed by atoms with van der Waals surface area (Å²) in [6.07, 6.45) is 5.11. The maximum Gasteiger partial charge on any atom is 0.340 e. The fourth-order valence-electron chi connectivity index (χ4n) is 2.16. The van der Waals surface area contributed by atoms with Gasteiger partial charge in [0, 0.05) is 0 Å². The van der Waals surface area contributed by atoms with Crippen molar-refractivity contribution < 1.29 is 9.85 Å². The molecule has 2 aromatic heterocycles. The standard InChI is InChI=1S/C12H14N10O4/c23-21(24)11-7-13-9(17-11)5-15-19-1-2-20(4-3-19)16-6-10-14-8-12(18-10)22(25)26/h5-8H,1-4H2,(H,13,17)(H,14,18)/b15-5-,16-6-. The van der Waals surface area contributed by atoms with Crippen LogP contribution in [0.15, 0.2) is 22.6 Å². The molecule has 3 rings (SSSR count). The number of nitro groups is 2. The molecule has 1 aliphatic heterocycles. The third-order valence-electron chi connectivity index (χ3n) is 3.48. The Morgan fingerprint density at radius 1 is 0.885 bits per heavy atom. The largest absolute Gasteiger partial charge is 0.358 e. The molecule has 2 N–H and O–H groups in total. The zero-order chi connectivity index (χ0) is 18.5. The molecule has 0 bridgehead atoms. The molecule has 3 heterocycles. The van der Waals surface area contributed by atoms with E-state index < -0.39 is 9.85 Å². The number of aromatic amines is 2. The van der Waals surface area contributed by atoms with E-state index in [4.69, 9.17) is 0 Å². The van der Waals surface area contributed by atoms with Crippen LogP contribution in [0, 0.1) is 20.2 Å². The molecule has 0 unspecified atom stereocenters. The lowest BCUT2D eigenvalue weighted by Gasteiger charge is -2.30. The van der Waals surface area contributed by atoms with E-state index in [0.29, 0.717) is 37.8 Å². The lowest BCUT2D eigenvalue weighted by Crippen LogP contribution is -2.41. The van der Waals surface area contributed by atoms with Crippen LogP contribution < -0.4 is 0 Å². The summed E-state index contributed by atoms with van der Waals surface area (Å²) in [5, 5.41) is 33.2. The van der Waals surface area contributed by atoms with E-state index in [2.05, 4.69) is 30.1 Å². The number of rotatable bonds is 6. The number of nitrogens with one attached hydrogen (secondary N) is 2. The Morgan fingerprint density at radius 3 is 1.58 bits per heavy atom. The van der Waals surface area contributed by atoms with E-state index in [0.717, 1.165) is 12.4 Å². The number of piperazine rings is 1. The zero-order valence-corrected chi connectivity index (χ0v) is 13.3. The molecule has 0 radical (unpaired) electrons. The van der Waals surface area contributed by atoms with Gasteiger partial charge in [-0.15, -0.1) is 0 Å². The number of hydrogen-bond donors (Lipinski definition) is 2. The predicted octanol–water partition coefficient (Wildman–Crippen LogP) is -0.0652. The van der Waals surface area contributed by atoms with Crippen LogP contribution in [0.5, 0.6) is 0 Å². The summed E-state index contributed by atoms with van der Waals surface area (Å²) >= 11 is 0. The topological polar surface area (TPSA) is 175 Å². The van der Waals surface area contributed by atoms with Crippen molar-refractivity contribution in [3.8, 4) is 0 Å². The minimum atomic E-state index is -0.561. The number of H-pyrrole nitrogens is 2. The Kier molecular flexibility index (Phi) is 4.82. The number of nitrogens with zero attached hydrogens (tertiary/aromatic N) is 8. The summed E-state index contributed by atoms with van der Waals surface area (Å²) in [5.41, 5.74) is 0. The van der Waals surface area contributed by atoms with Crippen molar-refractivity contribution in [2.24, 2.45) is 10.2 Å².